The van der Waals surface area contributed by atoms with Crippen molar-refractivity contribution in [1.82, 2.24) is 10.4 Å². The molecule has 5 atom stereocenters. The number of unbranched alkanes of at least 4 members (excludes halogenated alkanes) is 3. The number of rotatable bonds is 16. The first-order chi connectivity index (χ1) is 22.3. The molecular formula is C36H47N3O7. The molecule has 5 N–H and O–H groups in total. The number of amides is 2. The molecule has 1 fully saturated rings. The van der Waals surface area contributed by atoms with Crippen molar-refractivity contribution in [3.8, 4) is 0 Å². The van der Waals surface area contributed by atoms with E-state index in [1.54, 1.807) is 5.48 Å². The molecule has 1 aliphatic rings. The molecule has 0 bridgehead atoms. The van der Waals surface area contributed by atoms with Crippen LogP contribution in [-0.4, -0.2) is 57.9 Å². The monoisotopic (exact) mass is 633 g/mol. The topological polar surface area (TPSA) is 141 Å². The summed E-state index contributed by atoms with van der Waals surface area (Å²) in [6.45, 7) is 2.56. The smallest absolute Gasteiger partial charge is 0.243 e. The van der Waals surface area contributed by atoms with E-state index in [4.69, 9.17) is 14.7 Å². The summed E-state index contributed by atoms with van der Waals surface area (Å²) in [4.78, 5) is 25.7. The van der Waals surface area contributed by atoms with Gasteiger partial charge in [-0.25, -0.2) is 5.48 Å². The summed E-state index contributed by atoms with van der Waals surface area (Å²) in [6.07, 6.45) is 2.58. The highest BCUT2D eigenvalue weighted by atomic mass is 16.7. The average Bonchev–Trinajstić information content (AvgIpc) is 3.09. The largest absolute Gasteiger partial charge is 0.392 e. The summed E-state index contributed by atoms with van der Waals surface area (Å²) in [5.41, 5.74) is 5.83. The number of carbonyl (C=O) groups excluding carboxylic acids is 2. The maximum Gasteiger partial charge on any atom is 0.243 e. The van der Waals surface area contributed by atoms with E-state index in [-0.39, 0.29) is 37.2 Å². The second-order valence-electron chi connectivity index (χ2n) is 12.0. The Balaban J connectivity index is 1.37. The van der Waals surface area contributed by atoms with Crippen LogP contribution in [0.25, 0.3) is 0 Å². The first kappa shape index (κ1) is 35.2. The third kappa shape index (κ3) is 10.4. The van der Waals surface area contributed by atoms with E-state index in [1.165, 1.54) is 0 Å². The van der Waals surface area contributed by atoms with Gasteiger partial charge in [-0.05, 0) is 55.6 Å². The molecule has 248 valence electrons. The van der Waals surface area contributed by atoms with Crippen LogP contribution in [0.4, 0.5) is 5.69 Å². The van der Waals surface area contributed by atoms with Crippen LogP contribution in [0.2, 0.25) is 0 Å². The predicted molar refractivity (Wildman–Crippen MR) is 175 cm³/mol. The molecule has 4 rings (SSSR count). The third-order valence-electron chi connectivity index (χ3n) is 8.55. The molecule has 10 heteroatoms. The number of aliphatic hydroxyl groups is 2. The first-order valence-corrected chi connectivity index (χ1v) is 16.0. The SMILES string of the molecule is C[C@@H]([C@H](O)c1ccccc1)N(C)C[C@@H]1C[C@H](c2ccc(CO)cc2)O[C@H](c2ccc(NC(=O)CCCCCCC(=O)NO)cc2)O1. The molecule has 3 aromatic carbocycles. The zero-order chi connectivity index (χ0) is 32.9. The Hall–Kier alpha value is -3.64. The summed E-state index contributed by atoms with van der Waals surface area (Å²) in [7, 11) is 1.99. The number of benzene rings is 3. The maximum atomic E-state index is 12.5. The lowest BCUT2D eigenvalue weighted by molar-refractivity contribution is -0.253. The molecule has 0 spiro atoms. The lowest BCUT2D eigenvalue weighted by Gasteiger charge is -2.39. The minimum absolute atomic E-state index is 0.0268. The van der Waals surface area contributed by atoms with E-state index >= 15 is 0 Å². The van der Waals surface area contributed by atoms with E-state index in [0.29, 0.717) is 37.9 Å². The second-order valence-corrected chi connectivity index (χ2v) is 12.0. The molecule has 0 aromatic heterocycles. The van der Waals surface area contributed by atoms with Gasteiger partial charge >= 0.3 is 0 Å². The van der Waals surface area contributed by atoms with Crippen LogP contribution in [0.5, 0.6) is 0 Å². The van der Waals surface area contributed by atoms with Crippen molar-refractivity contribution >= 4 is 17.5 Å². The van der Waals surface area contributed by atoms with Crippen LogP contribution < -0.4 is 10.8 Å². The zero-order valence-corrected chi connectivity index (χ0v) is 26.7. The van der Waals surface area contributed by atoms with E-state index in [9.17, 15) is 19.8 Å². The Morgan fingerprint density at radius 3 is 2.13 bits per heavy atom. The number of nitrogens with zero attached hydrogens (tertiary/aromatic N) is 1. The van der Waals surface area contributed by atoms with Crippen molar-refractivity contribution in [2.45, 2.75) is 89.1 Å². The Bertz CT molecular complexity index is 1350. The summed E-state index contributed by atoms with van der Waals surface area (Å²) in [5, 5.41) is 32.0. The Morgan fingerprint density at radius 1 is 0.870 bits per heavy atom. The number of likely N-dealkylation sites (N-methyl/N-ethyl adjacent to an activating group) is 1. The fourth-order valence-electron chi connectivity index (χ4n) is 5.62. The second kappa shape index (κ2) is 17.9. The number of ether oxygens (including phenoxy) is 2. The molecule has 1 saturated heterocycles. The molecule has 0 saturated carbocycles. The van der Waals surface area contributed by atoms with Crippen LogP contribution in [0.15, 0.2) is 78.9 Å². The molecule has 2 amide bonds. The molecule has 0 aliphatic carbocycles. The molecular weight excluding hydrogens is 586 g/mol. The molecule has 1 heterocycles. The molecule has 3 aromatic rings. The van der Waals surface area contributed by atoms with Gasteiger partial charge in [0.15, 0.2) is 6.29 Å². The lowest BCUT2D eigenvalue weighted by Crippen LogP contribution is -2.43. The van der Waals surface area contributed by atoms with Crippen molar-refractivity contribution < 1.29 is 34.5 Å². The summed E-state index contributed by atoms with van der Waals surface area (Å²) >= 11 is 0. The number of hydroxylamine groups is 1. The quantitative estimate of drug-likeness (QED) is 0.0785. The van der Waals surface area contributed by atoms with Crippen molar-refractivity contribution in [2.24, 2.45) is 0 Å². The third-order valence-corrected chi connectivity index (χ3v) is 8.55. The molecule has 0 unspecified atom stereocenters. The molecule has 0 radical (unpaired) electrons. The standard InChI is InChI=1S/C36H47N3O7/c1-25(35(43)28-10-6-5-7-11-28)39(2)23-31-22-32(27-16-14-26(24-40)15-17-27)46-36(45-31)29-18-20-30(21-19-29)37-33(41)12-8-3-4-9-13-34(42)38-44/h5-7,10-11,14-21,25,31-32,35-36,40,43-44H,3-4,8-9,12-13,22-24H2,1-2H3,(H,37,41)(H,38,42)/t25-,31-,32+,35-,36+/m0/s1. The Kier molecular flexibility index (Phi) is 13.7. The predicted octanol–water partition coefficient (Wildman–Crippen LogP) is 5.56. The average molecular weight is 634 g/mol. The summed E-state index contributed by atoms with van der Waals surface area (Å²) in [5.74, 6) is -0.471. The maximum absolute atomic E-state index is 12.5. The number of nitrogens with one attached hydrogen (secondary N) is 2. The van der Waals surface area contributed by atoms with Crippen molar-refractivity contribution in [1.29, 1.82) is 0 Å². The van der Waals surface area contributed by atoms with Gasteiger partial charge in [-0.1, -0.05) is 79.6 Å². The highest BCUT2D eigenvalue weighted by Crippen LogP contribution is 2.38. The summed E-state index contributed by atoms with van der Waals surface area (Å²) < 4.78 is 13.0. The van der Waals surface area contributed by atoms with Crippen LogP contribution in [0, 0.1) is 0 Å². The minimum atomic E-state index is -0.647. The highest BCUT2D eigenvalue weighted by Gasteiger charge is 2.34. The lowest BCUT2D eigenvalue weighted by atomic mass is 9.98. The molecule has 1 aliphatic heterocycles. The van der Waals surface area contributed by atoms with Crippen LogP contribution >= 0.6 is 0 Å². The Labute approximate surface area is 271 Å². The number of hydrogen-bond donors (Lipinski definition) is 5. The number of carbonyl (C=O) groups is 2. The fourth-order valence-corrected chi connectivity index (χ4v) is 5.62. The normalized spacial score (nSPS) is 19.4. The van der Waals surface area contributed by atoms with Crippen molar-refractivity contribution in [3.63, 3.8) is 0 Å². The van der Waals surface area contributed by atoms with Gasteiger partial charge in [-0.15, -0.1) is 0 Å². The zero-order valence-electron chi connectivity index (χ0n) is 26.7. The number of hydrogen-bond acceptors (Lipinski definition) is 8. The van der Waals surface area contributed by atoms with Gasteiger partial charge in [0.05, 0.1) is 24.9 Å². The van der Waals surface area contributed by atoms with Gasteiger partial charge in [0.2, 0.25) is 11.8 Å². The fraction of sp³-hybridized carbons (Fsp3) is 0.444. The van der Waals surface area contributed by atoms with Crippen molar-refractivity contribution in [3.05, 3.63) is 101 Å². The van der Waals surface area contributed by atoms with Crippen LogP contribution in [0.3, 0.4) is 0 Å². The van der Waals surface area contributed by atoms with Gasteiger partial charge in [-0.3, -0.25) is 19.7 Å². The first-order valence-electron chi connectivity index (χ1n) is 16.0. The highest BCUT2D eigenvalue weighted by molar-refractivity contribution is 5.90. The van der Waals surface area contributed by atoms with E-state index in [1.807, 2.05) is 92.8 Å². The molecule has 46 heavy (non-hydrogen) atoms. The molecule has 10 nitrogen and oxygen atoms in total. The van der Waals surface area contributed by atoms with Crippen molar-refractivity contribution in [2.75, 3.05) is 18.9 Å². The van der Waals surface area contributed by atoms with Gasteiger partial charge in [-0.2, -0.15) is 0 Å². The van der Waals surface area contributed by atoms with Gasteiger partial charge in [0, 0.05) is 43.1 Å². The van der Waals surface area contributed by atoms with Gasteiger partial charge in [0.25, 0.3) is 0 Å². The number of aliphatic hydroxyl groups excluding tert-OH is 2. The van der Waals surface area contributed by atoms with E-state index < -0.39 is 18.3 Å². The minimum Gasteiger partial charge on any atom is -0.392 e. The van der Waals surface area contributed by atoms with Crippen LogP contribution in [0.1, 0.15) is 92.6 Å². The van der Waals surface area contributed by atoms with Gasteiger partial charge < -0.3 is 25.0 Å². The Morgan fingerprint density at radius 2 is 1.50 bits per heavy atom. The number of anilines is 1. The van der Waals surface area contributed by atoms with Crippen LogP contribution in [-0.2, 0) is 25.7 Å². The van der Waals surface area contributed by atoms with E-state index in [2.05, 4.69) is 10.2 Å². The van der Waals surface area contributed by atoms with Gasteiger partial charge in [0.1, 0.15) is 0 Å². The van der Waals surface area contributed by atoms with E-state index in [0.717, 1.165) is 35.1 Å². The summed E-state index contributed by atoms with van der Waals surface area (Å²) in [6, 6.07) is 24.7.